The number of pyridine rings is 1. The van der Waals surface area contributed by atoms with E-state index in [1.165, 1.54) is 16.8 Å². The number of aromatic nitrogens is 3. The zero-order chi connectivity index (χ0) is 16.8. The van der Waals surface area contributed by atoms with Crippen LogP contribution in [0.1, 0.15) is 61.5 Å². The fourth-order valence-corrected chi connectivity index (χ4v) is 4.77. The zero-order valence-corrected chi connectivity index (χ0v) is 14.6. The fraction of sp³-hybridized carbons (Fsp3) is 0.600. The largest absolute Gasteiger partial charge is 0.381 e. The van der Waals surface area contributed by atoms with E-state index >= 15 is 0 Å². The Bertz CT molecular complexity index is 810. The molecule has 2 fully saturated rings. The first kappa shape index (κ1) is 15.5. The molecule has 0 bridgehead atoms. The van der Waals surface area contributed by atoms with Gasteiger partial charge in [-0.05, 0) is 50.0 Å². The minimum atomic E-state index is 0.370. The second-order valence-electron chi connectivity index (χ2n) is 7.83. The van der Waals surface area contributed by atoms with Gasteiger partial charge >= 0.3 is 0 Å². The molecule has 25 heavy (non-hydrogen) atoms. The van der Waals surface area contributed by atoms with Crippen LogP contribution in [0, 0.1) is 5.92 Å². The summed E-state index contributed by atoms with van der Waals surface area (Å²) >= 11 is 0. The number of H-pyrrole nitrogens is 1. The van der Waals surface area contributed by atoms with Gasteiger partial charge in [0.1, 0.15) is 5.82 Å². The number of hydrogen-bond acceptors (Lipinski definition) is 4. The summed E-state index contributed by atoms with van der Waals surface area (Å²) in [5.41, 5.74) is 12.2. The van der Waals surface area contributed by atoms with E-state index in [0.717, 1.165) is 75.0 Å². The van der Waals surface area contributed by atoms with Crippen molar-refractivity contribution in [1.82, 2.24) is 15.0 Å². The Labute approximate surface area is 148 Å². The average molecular weight is 338 g/mol. The molecule has 2 aromatic rings. The molecule has 0 aromatic carbocycles. The number of fused-ring (bicyclic) bond motifs is 3. The molecule has 3 aliphatic rings. The van der Waals surface area contributed by atoms with Crippen molar-refractivity contribution in [3.63, 3.8) is 0 Å². The zero-order valence-electron chi connectivity index (χ0n) is 14.6. The van der Waals surface area contributed by atoms with Gasteiger partial charge in [-0.1, -0.05) is 6.08 Å². The molecule has 0 unspecified atom stereocenters. The number of nitrogens with zero attached hydrogens (tertiary/aromatic N) is 2. The van der Waals surface area contributed by atoms with Crippen molar-refractivity contribution in [3.8, 4) is 0 Å². The van der Waals surface area contributed by atoms with Crippen LogP contribution in [0.5, 0.6) is 0 Å². The average Bonchev–Trinajstić information content (AvgIpc) is 3.26. The maximum atomic E-state index is 6.07. The van der Waals surface area contributed by atoms with Gasteiger partial charge < -0.3 is 15.5 Å². The van der Waals surface area contributed by atoms with E-state index in [4.69, 9.17) is 20.4 Å². The Morgan fingerprint density at radius 1 is 1.04 bits per heavy atom. The van der Waals surface area contributed by atoms with Crippen LogP contribution in [0.3, 0.4) is 0 Å². The topological polar surface area (TPSA) is 76.8 Å². The summed E-state index contributed by atoms with van der Waals surface area (Å²) in [5.74, 6) is 2.24. The Kier molecular flexibility index (Phi) is 3.86. The summed E-state index contributed by atoms with van der Waals surface area (Å²) in [4.78, 5) is 13.4. The van der Waals surface area contributed by atoms with Crippen molar-refractivity contribution >= 4 is 16.6 Å². The SMILES string of the molecule is NC1CCC(c2nc3c4c(ncc3[nH]2)CC=C4C2CCOCC2)CC1. The lowest BCUT2D eigenvalue weighted by Gasteiger charge is -2.24. The predicted molar refractivity (Wildman–Crippen MR) is 98.3 cm³/mol. The molecular weight excluding hydrogens is 312 g/mol. The van der Waals surface area contributed by atoms with Crippen molar-refractivity contribution in [2.45, 2.75) is 56.9 Å². The normalized spacial score (nSPS) is 27.5. The summed E-state index contributed by atoms with van der Waals surface area (Å²) in [5, 5.41) is 0. The molecule has 1 aliphatic heterocycles. The van der Waals surface area contributed by atoms with Gasteiger partial charge in [-0.15, -0.1) is 0 Å². The number of imidazole rings is 1. The molecule has 132 valence electrons. The van der Waals surface area contributed by atoms with E-state index in [2.05, 4.69) is 11.1 Å². The first-order valence-corrected chi connectivity index (χ1v) is 9.71. The van der Waals surface area contributed by atoms with E-state index in [0.29, 0.717) is 17.9 Å². The highest BCUT2D eigenvalue weighted by atomic mass is 16.5. The first-order chi connectivity index (χ1) is 12.3. The van der Waals surface area contributed by atoms with E-state index in [1.54, 1.807) is 0 Å². The molecule has 5 nitrogen and oxygen atoms in total. The van der Waals surface area contributed by atoms with Crippen LogP contribution in [0.4, 0.5) is 0 Å². The number of hydrogen-bond donors (Lipinski definition) is 2. The van der Waals surface area contributed by atoms with Gasteiger partial charge in [-0.3, -0.25) is 4.98 Å². The van der Waals surface area contributed by atoms with Crippen LogP contribution in [-0.2, 0) is 11.2 Å². The molecule has 1 saturated heterocycles. The molecule has 3 N–H and O–H groups in total. The van der Waals surface area contributed by atoms with Crippen LogP contribution in [0.2, 0.25) is 0 Å². The third-order valence-electron chi connectivity index (χ3n) is 6.25. The standard InChI is InChI=1S/C20H26N4O/c21-14-3-1-13(2-4-14)20-23-17-11-22-16-6-5-15(18(16)19(17)24-20)12-7-9-25-10-8-12/h5,11-14H,1-4,6-10,21H2,(H,23,24). The van der Waals surface area contributed by atoms with E-state index in [1.807, 2.05) is 6.20 Å². The molecule has 2 aliphatic carbocycles. The van der Waals surface area contributed by atoms with Gasteiger partial charge in [-0.25, -0.2) is 4.98 Å². The molecule has 2 aromatic heterocycles. The van der Waals surface area contributed by atoms with E-state index < -0.39 is 0 Å². The van der Waals surface area contributed by atoms with Crippen molar-refractivity contribution in [2.24, 2.45) is 11.7 Å². The van der Waals surface area contributed by atoms with Crippen LogP contribution >= 0.6 is 0 Å². The minimum absolute atomic E-state index is 0.370. The van der Waals surface area contributed by atoms with Gasteiger partial charge in [0, 0.05) is 37.2 Å². The molecule has 3 heterocycles. The lowest BCUT2D eigenvalue weighted by Crippen LogP contribution is -2.26. The second-order valence-corrected chi connectivity index (χ2v) is 7.83. The van der Waals surface area contributed by atoms with Crippen molar-refractivity contribution in [1.29, 1.82) is 0 Å². The molecule has 5 heteroatoms. The summed E-state index contributed by atoms with van der Waals surface area (Å²) in [6, 6.07) is 0.370. The fourth-order valence-electron chi connectivity index (χ4n) is 4.77. The number of nitrogens with two attached hydrogens (primary N) is 1. The quantitative estimate of drug-likeness (QED) is 0.881. The molecule has 0 atom stereocenters. The second kappa shape index (κ2) is 6.22. The Morgan fingerprint density at radius 2 is 1.84 bits per heavy atom. The maximum absolute atomic E-state index is 6.07. The monoisotopic (exact) mass is 338 g/mol. The minimum Gasteiger partial charge on any atom is -0.381 e. The van der Waals surface area contributed by atoms with Crippen LogP contribution < -0.4 is 5.73 Å². The van der Waals surface area contributed by atoms with Gasteiger partial charge in [-0.2, -0.15) is 0 Å². The number of ether oxygens (including phenoxy) is 1. The molecule has 1 saturated carbocycles. The molecule has 0 radical (unpaired) electrons. The van der Waals surface area contributed by atoms with Crippen molar-refractivity contribution < 1.29 is 4.74 Å². The lowest BCUT2D eigenvalue weighted by atomic mass is 9.86. The number of rotatable bonds is 2. The maximum Gasteiger partial charge on any atom is 0.110 e. The Hall–Kier alpha value is -1.72. The molecule has 0 spiro atoms. The third kappa shape index (κ3) is 2.70. The van der Waals surface area contributed by atoms with E-state index in [-0.39, 0.29) is 0 Å². The van der Waals surface area contributed by atoms with E-state index in [9.17, 15) is 0 Å². The molecular formula is C20H26N4O. The van der Waals surface area contributed by atoms with Crippen LogP contribution in [0.15, 0.2) is 12.3 Å². The third-order valence-corrected chi connectivity index (χ3v) is 6.25. The van der Waals surface area contributed by atoms with Crippen molar-refractivity contribution in [3.05, 3.63) is 29.4 Å². The Balaban J connectivity index is 1.51. The summed E-state index contributed by atoms with van der Waals surface area (Å²) in [6.45, 7) is 1.74. The highest BCUT2D eigenvalue weighted by Gasteiger charge is 2.29. The number of nitrogens with one attached hydrogen (secondary N) is 1. The highest BCUT2D eigenvalue weighted by Crippen LogP contribution is 2.41. The van der Waals surface area contributed by atoms with Crippen molar-refractivity contribution in [2.75, 3.05) is 13.2 Å². The predicted octanol–water partition coefficient (Wildman–Crippen LogP) is 3.31. The molecule has 0 amide bonds. The summed E-state index contributed by atoms with van der Waals surface area (Å²) in [7, 11) is 0. The van der Waals surface area contributed by atoms with Gasteiger partial charge in [0.2, 0.25) is 0 Å². The van der Waals surface area contributed by atoms with Gasteiger partial charge in [0.25, 0.3) is 0 Å². The number of aromatic amines is 1. The highest BCUT2D eigenvalue weighted by molar-refractivity contribution is 5.92. The lowest BCUT2D eigenvalue weighted by molar-refractivity contribution is 0.0808. The van der Waals surface area contributed by atoms with Crippen LogP contribution in [0.25, 0.3) is 16.6 Å². The first-order valence-electron chi connectivity index (χ1n) is 9.71. The van der Waals surface area contributed by atoms with Crippen LogP contribution in [-0.4, -0.2) is 34.2 Å². The smallest absolute Gasteiger partial charge is 0.110 e. The van der Waals surface area contributed by atoms with Gasteiger partial charge in [0.15, 0.2) is 0 Å². The number of allylic oxidation sites excluding steroid dienone is 2. The summed E-state index contributed by atoms with van der Waals surface area (Å²) < 4.78 is 5.55. The summed E-state index contributed by atoms with van der Waals surface area (Å²) in [6.07, 6.45) is 12.0. The molecule has 5 rings (SSSR count). The van der Waals surface area contributed by atoms with Gasteiger partial charge in [0.05, 0.1) is 22.9 Å². The Morgan fingerprint density at radius 3 is 2.64 bits per heavy atom.